The SMILES string of the molecule is CC[Si](/C=C/CC(OC)c1ccccc1)(CC)CC. The maximum atomic E-state index is 5.62. The molecule has 0 spiro atoms. The lowest BCUT2D eigenvalue weighted by Crippen LogP contribution is -2.28. The first-order chi connectivity index (χ1) is 9.21. The average molecular weight is 276 g/mol. The van der Waals surface area contributed by atoms with Gasteiger partial charge in [0.05, 0.1) is 14.2 Å². The Morgan fingerprint density at radius 1 is 1.05 bits per heavy atom. The number of methoxy groups -OCH3 is 1. The van der Waals surface area contributed by atoms with Crippen LogP contribution in [-0.4, -0.2) is 15.2 Å². The molecule has 1 aromatic carbocycles. The zero-order chi connectivity index (χ0) is 14.1. The monoisotopic (exact) mass is 276 g/mol. The van der Waals surface area contributed by atoms with Crippen molar-refractivity contribution >= 4 is 8.07 Å². The van der Waals surface area contributed by atoms with Crippen molar-refractivity contribution in [2.24, 2.45) is 0 Å². The standard InChI is InChI=1S/C17H28OSi/c1-5-19(6-2,7-3)15-11-14-17(18-4)16-12-9-8-10-13-16/h8-13,15,17H,5-7,14H2,1-4H3/b15-11+. The summed E-state index contributed by atoms with van der Waals surface area (Å²) in [5.74, 6) is 0. The molecule has 1 nitrogen and oxygen atoms in total. The van der Waals surface area contributed by atoms with Crippen LogP contribution in [0.4, 0.5) is 0 Å². The van der Waals surface area contributed by atoms with Gasteiger partial charge in [-0.25, -0.2) is 0 Å². The molecule has 2 heteroatoms. The fourth-order valence-electron chi connectivity index (χ4n) is 2.58. The van der Waals surface area contributed by atoms with Crippen molar-refractivity contribution in [2.75, 3.05) is 7.11 Å². The van der Waals surface area contributed by atoms with Gasteiger partial charge in [0, 0.05) is 7.11 Å². The van der Waals surface area contributed by atoms with Crippen LogP contribution in [0.15, 0.2) is 42.1 Å². The van der Waals surface area contributed by atoms with Gasteiger partial charge in [-0.2, -0.15) is 0 Å². The molecule has 0 saturated carbocycles. The maximum Gasteiger partial charge on any atom is 0.0855 e. The molecule has 19 heavy (non-hydrogen) atoms. The zero-order valence-corrected chi connectivity index (χ0v) is 13.9. The first-order valence-electron chi connectivity index (χ1n) is 7.46. The smallest absolute Gasteiger partial charge is 0.0855 e. The highest BCUT2D eigenvalue weighted by Crippen LogP contribution is 2.24. The van der Waals surface area contributed by atoms with E-state index in [0.29, 0.717) is 0 Å². The minimum absolute atomic E-state index is 0.190. The van der Waals surface area contributed by atoms with Crippen LogP contribution < -0.4 is 0 Å². The van der Waals surface area contributed by atoms with E-state index in [1.165, 1.54) is 23.7 Å². The minimum atomic E-state index is -1.13. The molecule has 1 aromatic rings. The Morgan fingerprint density at radius 3 is 2.11 bits per heavy atom. The van der Waals surface area contributed by atoms with Crippen molar-refractivity contribution in [1.29, 1.82) is 0 Å². The molecular weight excluding hydrogens is 248 g/mol. The number of benzene rings is 1. The van der Waals surface area contributed by atoms with Crippen LogP contribution in [0.25, 0.3) is 0 Å². The lowest BCUT2D eigenvalue weighted by Gasteiger charge is -2.24. The Kier molecular flexibility index (Phi) is 7.10. The van der Waals surface area contributed by atoms with Gasteiger partial charge in [0.1, 0.15) is 0 Å². The molecule has 0 radical (unpaired) electrons. The highest BCUT2D eigenvalue weighted by atomic mass is 28.3. The molecule has 0 aliphatic rings. The van der Waals surface area contributed by atoms with Crippen LogP contribution in [0.2, 0.25) is 18.1 Å². The number of rotatable bonds is 8. The summed E-state index contributed by atoms with van der Waals surface area (Å²) < 4.78 is 5.62. The summed E-state index contributed by atoms with van der Waals surface area (Å²) in [5, 5.41) is 0. The molecule has 106 valence electrons. The van der Waals surface area contributed by atoms with Gasteiger partial charge in [-0.05, 0) is 12.0 Å². The second-order valence-corrected chi connectivity index (χ2v) is 10.4. The zero-order valence-electron chi connectivity index (χ0n) is 12.9. The lowest BCUT2D eigenvalue weighted by molar-refractivity contribution is 0.106. The number of hydrogen-bond donors (Lipinski definition) is 0. The third-order valence-corrected chi connectivity index (χ3v) is 9.56. The number of hydrogen-bond acceptors (Lipinski definition) is 1. The molecule has 1 rings (SSSR count). The van der Waals surface area contributed by atoms with E-state index in [9.17, 15) is 0 Å². The molecule has 0 N–H and O–H groups in total. The van der Waals surface area contributed by atoms with Gasteiger partial charge in [-0.3, -0.25) is 0 Å². The third-order valence-electron chi connectivity index (χ3n) is 4.39. The Labute approximate surface area is 119 Å². The topological polar surface area (TPSA) is 9.23 Å². The molecule has 0 saturated heterocycles. The van der Waals surface area contributed by atoms with Crippen LogP contribution in [0, 0.1) is 0 Å². The Morgan fingerprint density at radius 2 is 1.63 bits per heavy atom. The van der Waals surface area contributed by atoms with Gasteiger partial charge < -0.3 is 4.74 Å². The Hall–Kier alpha value is -0.863. The van der Waals surface area contributed by atoms with E-state index < -0.39 is 8.07 Å². The van der Waals surface area contributed by atoms with Gasteiger partial charge >= 0.3 is 0 Å². The Bertz CT molecular complexity index is 360. The molecule has 1 unspecified atom stereocenters. The Balaban J connectivity index is 2.68. The van der Waals surface area contributed by atoms with Crippen molar-refractivity contribution in [3.8, 4) is 0 Å². The van der Waals surface area contributed by atoms with E-state index in [1.54, 1.807) is 7.11 Å². The predicted molar refractivity (Wildman–Crippen MR) is 87.1 cm³/mol. The van der Waals surface area contributed by atoms with Crippen LogP contribution in [0.1, 0.15) is 38.9 Å². The number of ether oxygens (including phenoxy) is 1. The second-order valence-electron chi connectivity index (χ2n) is 5.20. The second kappa shape index (κ2) is 8.34. The first kappa shape index (κ1) is 16.2. The summed E-state index contributed by atoms with van der Waals surface area (Å²) in [5.41, 5.74) is 3.81. The molecular formula is C17H28OSi. The van der Waals surface area contributed by atoms with Gasteiger partial charge in [-0.15, -0.1) is 0 Å². The summed E-state index contributed by atoms with van der Waals surface area (Å²) >= 11 is 0. The van der Waals surface area contributed by atoms with E-state index in [2.05, 4.69) is 62.9 Å². The lowest BCUT2D eigenvalue weighted by atomic mass is 10.1. The summed E-state index contributed by atoms with van der Waals surface area (Å²) in [4.78, 5) is 0. The normalized spacial score (nSPS) is 13.9. The van der Waals surface area contributed by atoms with Crippen molar-refractivity contribution in [1.82, 2.24) is 0 Å². The molecule has 0 bridgehead atoms. The fourth-order valence-corrected chi connectivity index (χ4v) is 5.42. The van der Waals surface area contributed by atoms with Crippen LogP contribution in [0.5, 0.6) is 0 Å². The molecule has 0 aliphatic carbocycles. The van der Waals surface area contributed by atoms with E-state index in [0.717, 1.165) is 6.42 Å². The van der Waals surface area contributed by atoms with E-state index in [1.807, 2.05) is 0 Å². The van der Waals surface area contributed by atoms with Crippen LogP contribution >= 0.6 is 0 Å². The highest BCUT2D eigenvalue weighted by molar-refractivity contribution is 6.84. The summed E-state index contributed by atoms with van der Waals surface area (Å²) in [7, 11) is 0.667. The van der Waals surface area contributed by atoms with Gasteiger partial charge in [0.25, 0.3) is 0 Å². The molecule has 0 amide bonds. The summed E-state index contributed by atoms with van der Waals surface area (Å²) in [6.07, 6.45) is 3.54. The van der Waals surface area contributed by atoms with E-state index in [-0.39, 0.29) is 6.10 Å². The summed E-state index contributed by atoms with van der Waals surface area (Å²) in [6, 6.07) is 14.5. The average Bonchev–Trinajstić information content (AvgIpc) is 2.49. The first-order valence-corrected chi connectivity index (χ1v) is 10.2. The molecule has 1 atom stereocenters. The molecule has 0 aliphatic heterocycles. The van der Waals surface area contributed by atoms with Crippen molar-refractivity contribution < 1.29 is 4.74 Å². The van der Waals surface area contributed by atoms with Crippen LogP contribution in [0.3, 0.4) is 0 Å². The van der Waals surface area contributed by atoms with Crippen molar-refractivity contribution in [3.63, 3.8) is 0 Å². The van der Waals surface area contributed by atoms with Crippen molar-refractivity contribution in [3.05, 3.63) is 47.7 Å². The summed E-state index contributed by atoms with van der Waals surface area (Å²) in [6.45, 7) is 7.03. The molecule has 0 aromatic heterocycles. The quantitative estimate of drug-likeness (QED) is 0.580. The van der Waals surface area contributed by atoms with Crippen molar-refractivity contribution in [2.45, 2.75) is 51.4 Å². The van der Waals surface area contributed by atoms with Crippen LogP contribution in [-0.2, 0) is 4.74 Å². The van der Waals surface area contributed by atoms with Gasteiger partial charge in [0.15, 0.2) is 0 Å². The predicted octanol–water partition coefficient (Wildman–Crippen LogP) is 5.37. The molecule has 0 fully saturated rings. The van der Waals surface area contributed by atoms with E-state index in [4.69, 9.17) is 4.74 Å². The largest absolute Gasteiger partial charge is 0.376 e. The highest BCUT2D eigenvalue weighted by Gasteiger charge is 2.22. The maximum absolute atomic E-state index is 5.62. The van der Waals surface area contributed by atoms with Gasteiger partial charge in [-0.1, -0.05) is 81.0 Å². The third kappa shape index (κ3) is 4.63. The molecule has 0 heterocycles. The van der Waals surface area contributed by atoms with E-state index >= 15 is 0 Å². The fraction of sp³-hybridized carbons (Fsp3) is 0.529. The van der Waals surface area contributed by atoms with Gasteiger partial charge in [0.2, 0.25) is 0 Å². The minimum Gasteiger partial charge on any atom is -0.376 e.